The van der Waals surface area contributed by atoms with E-state index in [1.54, 1.807) is 4.90 Å². The molecule has 0 saturated heterocycles. The van der Waals surface area contributed by atoms with E-state index < -0.39 is 6.10 Å². The molecule has 1 aromatic heterocycles. The van der Waals surface area contributed by atoms with E-state index in [9.17, 15) is 9.90 Å². The molecule has 0 aliphatic rings. The zero-order valence-corrected chi connectivity index (χ0v) is 13.5. The molecule has 0 aliphatic heterocycles. The van der Waals surface area contributed by atoms with E-state index in [1.807, 2.05) is 54.1 Å². The van der Waals surface area contributed by atoms with Crippen molar-refractivity contribution in [2.75, 3.05) is 6.54 Å². The van der Waals surface area contributed by atoms with Crippen molar-refractivity contribution in [3.05, 3.63) is 58.3 Å². The molecular formula is C17H22N2O2S. The smallest absolute Gasteiger partial charge is 0.224 e. The molecule has 1 heterocycles. The molecule has 2 atom stereocenters. The molecule has 2 aromatic rings. The van der Waals surface area contributed by atoms with Crippen LogP contribution in [0, 0.1) is 0 Å². The summed E-state index contributed by atoms with van der Waals surface area (Å²) in [5.41, 5.74) is 7.63. The number of carbonyl (C=O) groups is 1. The topological polar surface area (TPSA) is 66.6 Å². The fraction of sp³-hybridized carbons (Fsp3) is 0.353. The normalized spacial score (nSPS) is 13.6. The number of nitrogens with zero attached hydrogens (tertiary/aromatic N) is 1. The molecule has 2 rings (SSSR count). The zero-order valence-electron chi connectivity index (χ0n) is 12.7. The average molecular weight is 318 g/mol. The van der Waals surface area contributed by atoms with Crippen molar-refractivity contribution in [2.24, 2.45) is 5.73 Å². The Labute approximate surface area is 135 Å². The highest BCUT2D eigenvalue weighted by Crippen LogP contribution is 2.19. The number of carbonyl (C=O) groups excluding carboxylic acids is 1. The maximum Gasteiger partial charge on any atom is 0.224 e. The van der Waals surface area contributed by atoms with Crippen LogP contribution < -0.4 is 5.73 Å². The van der Waals surface area contributed by atoms with E-state index in [2.05, 4.69) is 0 Å². The first kappa shape index (κ1) is 16.7. The lowest BCUT2D eigenvalue weighted by molar-refractivity contribution is -0.133. The molecule has 0 bridgehead atoms. The second-order valence-electron chi connectivity index (χ2n) is 5.51. The van der Waals surface area contributed by atoms with E-state index >= 15 is 0 Å². The first-order chi connectivity index (χ1) is 10.6. The summed E-state index contributed by atoms with van der Waals surface area (Å²) in [5.74, 6) is -0.0341. The quantitative estimate of drug-likeness (QED) is 0.824. The number of aliphatic hydroxyl groups excluding tert-OH is 1. The van der Waals surface area contributed by atoms with Gasteiger partial charge in [0.15, 0.2) is 0 Å². The molecule has 0 spiro atoms. The number of benzene rings is 1. The number of hydrogen-bond acceptors (Lipinski definition) is 4. The van der Waals surface area contributed by atoms with E-state index in [0.717, 1.165) is 11.1 Å². The maximum absolute atomic E-state index is 12.4. The molecule has 0 radical (unpaired) electrons. The lowest BCUT2D eigenvalue weighted by atomic mass is 10.1. The Morgan fingerprint density at radius 2 is 2.05 bits per heavy atom. The van der Waals surface area contributed by atoms with Crippen molar-refractivity contribution in [3.63, 3.8) is 0 Å². The number of aliphatic hydroxyl groups is 1. The summed E-state index contributed by atoms with van der Waals surface area (Å²) in [6.45, 7) is 2.57. The van der Waals surface area contributed by atoms with Crippen molar-refractivity contribution in [3.8, 4) is 0 Å². The van der Waals surface area contributed by atoms with Crippen LogP contribution in [0.25, 0.3) is 0 Å². The molecule has 0 aliphatic carbocycles. The first-order valence-corrected chi connectivity index (χ1v) is 8.28. The molecule has 118 valence electrons. The van der Waals surface area contributed by atoms with Gasteiger partial charge in [0, 0.05) is 19.0 Å². The van der Waals surface area contributed by atoms with Crippen molar-refractivity contribution in [1.29, 1.82) is 0 Å². The van der Waals surface area contributed by atoms with Crippen molar-refractivity contribution in [1.82, 2.24) is 4.90 Å². The molecule has 0 fully saturated rings. The number of hydrogen-bond donors (Lipinski definition) is 2. The fourth-order valence-electron chi connectivity index (χ4n) is 2.24. The Morgan fingerprint density at radius 3 is 2.64 bits per heavy atom. The van der Waals surface area contributed by atoms with Crippen LogP contribution in [0.2, 0.25) is 0 Å². The third-order valence-corrected chi connectivity index (χ3v) is 4.09. The van der Waals surface area contributed by atoms with Crippen LogP contribution in [0.4, 0.5) is 0 Å². The van der Waals surface area contributed by atoms with E-state index in [-0.39, 0.29) is 24.9 Å². The number of rotatable bonds is 7. The highest BCUT2D eigenvalue weighted by molar-refractivity contribution is 7.07. The van der Waals surface area contributed by atoms with Gasteiger partial charge < -0.3 is 15.7 Å². The molecule has 2 unspecified atom stereocenters. The van der Waals surface area contributed by atoms with Crippen LogP contribution >= 0.6 is 11.3 Å². The summed E-state index contributed by atoms with van der Waals surface area (Å²) in [6, 6.07) is 11.5. The average Bonchev–Trinajstić information content (AvgIpc) is 3.01. The molecule has 1 aromatic carbocycles. The Bertz CT molecular complexity index is 570. The Kier molecular flexibility index (Phi) is 6.12. The van der Waals surface area contributed by atoms with Crippen LogP contribution in [0.1, 0.15) is 30.6 Å². The molecule has 5 heteroatoms. The molecule has 22 heavy (non-hydrogen) atoms. The van der Waals surface area contributed by atoms with Gasteiger partial charge in [-0.1, -0.05) is 30.3 Å². The summed E-state index contributed by atoms with van der Waals surface area (Å²) in [6.07, 6.45) is -0.393. The highest BCUT2D eigenvalue weighted by Gasteiger charge is 2.20. The van der Waals surface area contributed by atoms with Gasteiger partial charge in [-0.25, -0.2) is 0 Å². The highest BCUT2D eigenvalue weighted by atomic mass is 32.1. The van der Waals surface area contributed by atoms with Crippen LogP contribution in [-0.2, 0) is 11.3 Å². The molecule has 1 amide bonds. The standard InChI is InChI=1S/C17H22N2O2S/c1-13(18)9-17(21)19(10-14-5-3-2-4-6-14)11-16(20)15-7-8-22-12-15/h2-8,12-13,16,20H,9-11,18H2,1H3. The summed E-state index contributed by atoms with van der Waals surface area (Å²) in [4.78, 5) is 14.1. The van der Waals surface area contributed by atoms with Gasteiger partial charge in [0.05, 0.1) is 12.6 Å². The summed E-state index contributed by atoms with van der Waals surface area (Å²) in [5, 5.41) is 14.1. The van der Waals surface area contributed by atoms with Gasteiger partial charge in [0.25, 0.3) is 0 Å². The minimum Gasteiger partial charge on any atom is -0.387 e. The maximum atomic E-state index is 12.4. The van der Waals surface area contributed by atoms with Gasteiger partial charge in [-0.05, 0) is 34.9 Å². The molecular weight excluding hydrogens is 296 g/mol. The Hall–Kier alpha value is -1.69. The minimum absolute atomic E-state index is 0.0341. The summed E-state index contributed by atoms with van der Waals surface area (Å²) in [7, 11) is 0. The second-order valence-corrected chi connectivity index (χ2v) is 6.29. The van der Waals surface area contributed by atoms with Gasteiger partial charge in [-0.3, -0.25) is 4.79 Å². The third-order valence-electron chi connectivity index (χ3n) is 3.39. The van der Waals surface area contributed by atoms with Crippen molar-refractivity contribution < 1.29 is 9.90 Å². The van der Waals surface area contributed by atoms with Crippen LogP contribution in [0.3, 0.4) is 0 Å². The van der Waals surface area contributed by atoms with Crippen molar-refractivity contribution >= 4 is 17.2 Å². The Morgan fingerprint density at radius 1 is 1.32 bits per heavy atom. The van der Waals surface area contributed by atoms with E-state index in [1.165, 1.54) is 11.3 Å². The largest absolute Gasteiger partial charge is 0.387 e. The number of nitrogens with two attached hydrogens (primary N) is 1. The number of thiophene rings is 1. The minimum atomic E-state index is -0.674. The van der Waals surface area contributed by atoms with Crippen LogP contribution in [0.15, 0.2) is 47.2 Å². The summed E-state index contributed by atoms with van der Waals surface area (Å²) < 4.78 is 0. The lowest BCUT2D eigenvalue weighted by Gasteiger charge is -2.26. The predicted octanol–water partition coefficient (Wildman–Crippen LogP) is 2.55. The predicted molar refractivity (Wildman–Crippen MR) is 89.4 cm³/mol. The van der Waals surface area contributed by atoms with E-state index in [0.29, 0.717) is 6.54 Å². The Balaban J connectivity index is 2.08. The zero-order chi connectivity index (χ0) is 15.9. The fourth-order valence-corrected chi connectivity index (χ4v) is 2.95. The van der Waals surface area contributed by atoms with Gasteiger partial charge >= 0.3 is 0 Å². The second kappa shape index (κ2) is 8.08. The third kappa shape index (κ3) is 4.94. The van der Waals surface area contributed by atoms with E-state index in [4.69, 9.17) is 5.73 Å². The van der Waals surface area contributed by atoms with Gasteiger partial charge in [0.2, 0.25) is 5.91 Å². The molecule has 3 N–H and O–H groups in total. The van der Waals surface area contributed by atoms with Crippen molar-refractivity contribution in [2.45, 2.75) is 32.0 Å². The van der Waals surface area contributed by atoms with Gasteiger partial charge in [-0.15, -0.1) is 0 Å². The molecule has 0 saturated carbocycles. The monoisotopic (exact) mass is 318 g/mol. The van der Waals surface area contributed by atoms with Crippen LogP contribution in [0.5, 0.6) is 0 Å². The van der Waals surface area contributed by atoms with Crippen LogP contribution in [-0.4, -0.2) is 28.5 Å². The van der Waals surface area contributed by atoms with Gasteiger partial charge in [0.1, 0.15) is 0 Å². The summed E-state index contributed by atoms with van der Waals surface area (Å²) >= 11 is 1.53. The SMILES string of the molecule is CC(N)CC(=O)N(Cc1ccccc1)CC(O)c1ccsc1. The van der Waals surface area contributed by atoms with Gasteiger partial charge in [-0.2, -0.15) is 11.3 Å². The number of amides is 1. The molecule has 4 nitrogen and oxygen atoms in total. The lowest BCUT2D eigenvalue weighted by Crippen LogP contribution is -2.37. The first-order valence-electron chi connectivity index (χ1n) is 7.33.